The first-order valence-corrected chi connectivity index (χ1v) is 14.5. The second kappa shape index (κ2) is 11.8. The molecular formula is C30H36FN5O5. The molecule has 0 atom stereocenters. The number of ether oxygens (including phenoxy) is 3. The van der Waals surface area contributed by atoms with E-state index in [0.29, 0.717) is 66.6 Å². The summed E-state index contributed by atoms with van der Waals surface area (Å²) in [7, 11) is 0. The van der Waals surface area contributed by atoms with Crippen molar-refractivity contribution < 1.29 is 28.5 Å². The lowest BCUT2D eigenvalue weighted by Crippen LogP contribution is -2.61. The van der Waals surface area contributed by atoms with E-state index in [1.165, 1.54) is 6.20 Å². The molecule has 4 aliphatic rings. The van der Waals surface area contributed by atoms with Gasteiger partial charge in [0.25, 0.3) is 5.91 Å². The maximum Gasteiger partial charge on any atom is 0.263 e. The Balaban J connectivity index is 1.06. The molecule has 41 heavy (non-hydrogen) atoms. The van der Waals surface area contributed by atoms with E-state index in [1.54, 1.807) is 6.07 Å². The average Bonchev–Trinajstić information content (AvgIpc) is 3.00. The summed E-state index contributed by atoms with van der Waals surface area (Å²) in [6.07, 6.45) is 8.64. The largest absolute Gasteiger partial charge is 0.480 e. The molecule has 218 valence electrons. The van der Waals surface area contributed by atoms with Crippen molar-refractivity contribution in [2.75, 3.05) is 31.7 Å². The first-order valence-electron chi connectivity index (χ1n) is 14.5. The molecule has 2 bridgehead atoms. The van der Waals surface area contributed by atoms with Crippen LogP contribution in [-0.4, -0.2) is 63.5 Å². The van der Waals surface area contributed by atoms with Crippen molar-refractivity contribution in [3.05, 3.63) is 47.5 Å². The van der Waals surface area contributed by atoms with Crippen LogP contribution in [-0.2, 0) is 22.5 Å². The van der Waals surface area contributed by atoms with Gasteiger partial charge in [0.1, 0.15) is 5.82 Å². The summed E-state index contributed by atoms with van der Waals surface area (Å²) in [4.78, 5) is 25.0. The van der Waals surface area contributed by atoms with E-state index >= 15 is 4.39 Å². The second-order valence-electron chi connectivity index (χ2n) is 11.3. The van der Waals surface area contributed by atoms with Gasteiger partial charge >= 0.3 is 0 Å². The second-order valence-corrected chi connectivity index (χ2v) is 11.3. The number of hydrogen-bond acceptors (Lipinski definition) is 9. The standard InChI is InChI=1S/C30H36FN5O5/c31-22-17-32-23-5-7-26(39-15-3-1-2-14-37)36-27(23)21(22)8-9-30-12-10-29(11-13-30,19-41-30)33-16-20-4-6-24-28(34-20)35-25(38)18-40-24/h4-7,17,33,37H,1-3,8-16,18-19H2,(H,34,35,38). The summed E-state index contributed by atoms with van der Waals surface area (Å²) in [5.41, 5.74) is 2.15. The fraction of sp³-hybridized carbons (Fsp3) is 0.533. The normalized spacial score (nSPS) is 23.2. The third-order valence-corrected chi connectivity index (χ3v) is 8.57. The van der Waals surface area contributed by atoms with Crippen molar-refractivity contribution in [1.82, 2.24) is 20.3 Å². The fourth-order valence-electron chi connectivity index (χ4n) is 6.01. The van der Waals surface area contributed by atoms with Gasteiger partial charge in [-0.1, -0.05) is 0 Å². The van der Waals surface area contributed by atoms with Crippen molar-refractivity contribution in [2.45, 2.75) is 75.5 Å². The highest BCUT2D eigenvalue weighted by atomic mass is 19.1. The maximum absolute atomic E-state index is 15.0. The highest BCUT2D eigenvalue weighted by Crippen LogP contribution is 2.46. The first-order chi connectivity index (χ1) is 20.0. The van der Waals surface area contributed by atoms with Gasteiger partial charge in [-0.2, -0.15) is 0 Å². The molecule has 10 nitrogen and oxygen atoms in total. The third-order valence-electron chi connectivity index (χ3n) is 8.57. The van der Waals surface area contributed by atoms with E-state index < -0.39 is 0 Å². The van der Waals surface area contributed by atoms with Crippen LogP contribution in [0, 0.1) is 5.82 Å². The van der Waals surface area contributed by atoms with Crippen LogP contribution in [0.5, 0.6) is 11.6 Å². The third kappa shape index (κ3) is 6.12. The Morgan fingerprint density at radius 2 is 1.98 bits per heavy atom. The van der Waals surface area contributed by atoms with Gasteiger partial charge in [0.2, 0.25) is 5.88 Å². The summed E-state index contributed by atoms with van der Waals surface area (Å²) in [5.74, 6) is 0.944. The molecule has 3 aromatic heterocycles. The molecule has 3 N–H and O–H groups in total. The topological polar surface area (TPSA) is 128 Å². The Kier molecular flexibility index (Phi) is 8.01. The Morgan fingerprint density at radius 3 is 2.78 bits per heavy atom. The number of rotatable bonds is 12. The predicted molar refractivity (Wildman–Crippen MR) is 149 cm³/mol. The highest BCUT2D eigenvalue weighted by Gasteiger charge is 2.49. The zero-order valence-electron chi connectivity index (χ0n) is 23.1. The summed E-state index contributed by atoms with van der Waals surface area (Å²) < 4.78 is 32.7. The number of carbonyl (C=O) groups excluding carboxylic acids is 1. The molecule has 2 saturated heterocycles. The van der Waals surface area contributed by atoms with Crippen LogP contribution in [0.3, 0.4) is 0 Å². The SMILES string of the molecule is O=C1COc2ccc(CNC34CCC(CCc5c(F)cnc6ccc(OCCCCCO)nc56)(CC3)OC4)nc2N1. The lowest BCUT2D eigenvalue weighted by molar-refractivity contribution is -0.165. The number of aliphatic hydroxyl groups excluding tert-OH is 1. The Bertz CT molecular complexity index is 1390. The van der Waals surface area contributed by atoms with Gasteiger partial charge in [0.15, 0.2) is 18.2 Å². The highest BCUT2D eigenvalue weighted by molar-refractivity contribution is 5.94. The number of halogens is 1. The van der Waals surface area contributed by atoms with Crippen LogP contribution < -0.4 is 20.1 Å². The minimum absolute atomic E-state index is 0.0111. The minimum atomic E-state index is -0.358. The molecule has 0 aromatic carbocycles. The van der Waals surface area contributed by atoms with Gasteiger partial charge in [0, 0.05) is 30.3 Å². The van der Waals surface area contributed by atoms with Crippen LogP contribution >= 0.6 is 0 Å². The van der Waals surface area contributed by atoms with E-state index in [0.717, 1.165) is 50.6 Å². The van der Waals surface area contributed by atoms with Gasteiger partial charge < -0.3 is 30.0 Å². The smallest absolute Gasteiger partial charge is 0.263 e. The number of aliphatic hydroxyl groups is 1. The molecule has 1 aliphatic carbocycles. The van der Waals surface area contributed by atoms with E-state index in [2.05, 4.69) is 25.6 Å². The number of aromatic nitrogens is 3. The molecule has 1 amide bonds. The molecule has 3 aliphatic heterocycles. The van der Waals surface area contributed by atoms with Crippen LogP contribution in [0.25, 0.3) is 11.0 Å². The number of fused-ring (bicyclic) bond motifs is 5. The molecule has 1 saturated carbocycles. The number of nitrogens with one attached hydrogen (secondary N) is 2. The number of amides is 1. The summed E-state index contributed by atoms with van der Waals surface area (Å²) in [6, 6.07) is 7.34. The molecule has 7 rings (SSSR count). The minimum Gasteiger partial charge on any atom is -0.480 e. The number of pyridine rings is 3. The molecule has 0 radical (unpaired) electrons. The van der Waals surface area contributed by atoms with Gasteiger partial charge in [-0.15, -0.1) is 0 Å². The fourth-order valence-corrected chi connectivity index (χ4v) is 6.01. The van der Waals surface area contributed by atoms with E-state index in [9.17, 15) is 4.79 Å². The summed E-state index contributed by atoms with van der Waals surface area (Å²) in [5, 5.41) is 15.4. The molecule has 3 aromatic rings. The number of unbranched alkanes of at least 4 members (excludes halogenated alkanes) is 2. The molecule has 0 spiro atoms. The molecule has 11 heteroatoms. The van der Waals surface area contributed by atoms with Crippen molar-refractivity contribution in [3.63, 3.8) is 0 Å². The van der Waals surface area contributed by atoms with Crippen molar-refractivity contribution in [1.29, 1.82) is 0 Å². The number of anilines is 1. The van der Waals surface area contributed by atoms with E-state index in [-0.39, 0.29) is 36.1 Å². The zero-order chi connectivity index (χ0) is 28.3. The number of aryl methyl sites for hydroxylation is 1. The lowest BCUT2D eigenvalue weighted by atomic mass is 9.69. The molecule has 0 unspecified atom stereocenters. The number of nitrogens with zero attached hydrogens (tertiary/aromatic N) is 3. The van der Waals surface area contributed by atoms with Crippen molar-refractivity contribution >= 4 is 22.8 Å². The molecular weight excluding hydrogens is 529 g/mol. The predicted octanol–water partition coefficient (Wildman–Crippen LogP) is 3.84. The van der Waals surface area contributed by atoms with E-state index in [4.69, 9.17) is 19.3 Å². The van der Waals surface area contributed by atoms with Crippen LogP contribution in [0.4, 0.5) is 10.2 Å². The Morgan fingerprint density at radius 1 is 1.10 bits per heavy atom. The first kappa shape index (κ1) is 27.7. The van der Waals surface area contributed by atoms with Crippen LogP contribution in [0.15, 0.2) is 30.5 Å². The van der Waals surface area contributed by atoms with Gasteiger partial charge in [-0.25, -0.2) is 14.4 Å². The van der Waals surface area contributed by atoms with Gasteiger partial charge in [-0.05, 0) is 76.0 Å². The number of hydrogen-bond donors (Lipinski definition) is 3. The Hall–Kier alpha value is -3.41. The Labute approximate surface area is 238 Å². The maximum atomic E-state index is 15.0. The summed E-state index contributed by atoms with van der Waals surface area (Å²) in [6.45, 7) is 1.83. The zero-order valence-corrected chi connectivity index (χ0v) is 23.1. The van der Waals surface area contributed by atoms with E-state index in [1.807, 2.05) is 18.2 Å². The molecule has 3 fully saturated rings. The molecule has 6 heterocycles. The summed E-state index contributed by atoms with van der Waals surface area (Å²) >= 11 is 0. The quantitative estimate of drug-likeness (QED) is 0.281. The lowest BCUT2D eigenvalue weighted by Gasteiger charge is -2.53. The van der Waals surface area contributed by atoms with Crippen LogP contribution in [0.1, 0.15) is 62.6 Å². The number of carbonyl (C=O) groups is 1. The van der Waals surface area contributed by atoms with Crippen molar-refractivity contribution in [3.8, 4) is 11.6 Å². The monoisotopic (exact) mass is 565 g/mol. The average molecular weight is 566 g/mol. The van der Waals surface area contributed by atoms with Crippen LogP contribution in [0.2, 0.25) is 0 Å². The van der Waals surface area contributed by atoms with Gasteiger partial charge in [0.05, 0.1) is 41.7 Å². The van der Waals surface area contributed by atoms with Crippen molar-refractivity contribution in [2.24, 2.45) is 0 Å². The van der Waals surface area contributed by atoms with Gasteiger partial charge in [-0.3, -0.25) is 9.78 Å².